The highest BCUT2D eigenvalue weighted by atomic mass is 32.2. The first-order valence-electron chi connectivity index (χ1n) is 4.68. The first-order chi connectivity index (χ1) is 8.20. The van der Waals surface area contributed by atoms with Gasteiger partial charge in [0.1, 0.15) is 10.1 Å². The van der Waals surface area contributed by atoms with Gasteiger partial charge >= 0.3 is 0 Å². The predicted octanol–water partition coefficient (Wildman–Crippen LogP) is 2.34. The summed E-state index contributed by atoms with van der Waals surface area (Å²) in [4.78, 5) is 11.6. The SMILES string of the molecule is CNc1nc(Sc2cnccn2)c(F)cc1F. The molecule has 4 nitrogen and oxygen atoms in total. The summed E-state index contributed by atoms with van der Waals surface area (Å²) in [6.45, 7) is 0. The highest BCUT2D eigenvalue weighted by Crippen LogP contribution is 2.28. The second kappa shape index (κ2) is 5.05. The third kappa shape index (κ3) is 2.68. The fourth-order valence-corrected chi connectivity index (χ4v) is 1.85. The van der Waals surface area contributed by atoms with Gasteiger partial charge in [-0.2, -0.15) is 0 Å². The summed E-state index contributed by atoms with van der Waals surface area (Å²) in [6.07, 6.45) is 4.48. The first-order valence-corrected chi connectivity index (χ1v) is 5.50. The maximum absolute atomic E-state index is 13.5. The van der Waals surface area contributed by atoms with Crippen molar-refractivity contribution in [2.75, 3.05) is 12.4 Å². The number of nitrogens with one attached hydrogen (secondary N) is 1. The van der Waals surface area contributed by atoms with Gasteiger partial charge in [0.05, 0.1) is 6.20 Å². The molecule has 0 saturated heterocycles. The molecule has 0 aliphatic carbocycles. The molecule has 0 aromatic carbocycles. The molecular weight excluding hydrogens is 246 g/mol. The summed E-state index contributed by atoms with van der Waals surface area (Å²) in [5.74, 6) is -1.46. The molecule has 2 rings (SSSR count). The molecule has 7 heteroatoms. The molecule has 88 valence electrons. The Kier molecular flexibility index (Phi) is 3.48. The molecule has 17 heavy (non-hydrogen) atoms. The van der Waals surface area contributed by atoms with Crippen LogP contribution in [0.15, 0.2) is 34.7 Å². The normalized spacial score (nSPS) is 10.3. The summed E-state index contributed by atoms with van der Waals surface area (Å²) < 4.78 is 26.6. The summed E-state index contributed by atoms with van der Waals surface area (Å²) in [6, 6.07) is 0.789. The van der Waals surface area contributed by atoms with E-state index < -0.39 is 11.6 Å². The van der Waals surface area contributed by atoms with Crippen LogP contribution in [0.2, 0.25) is 0 Å². The van der Waals surface area contributed by atoms with E-state index in [2.05, 4.69) is 20.3 Å². The monoisotopic (exact) mass is 254 g/mol. The molecular formula is C10H8F2N4S. The zero-order valence-corrected chi connectivity index (χ0v) is 9.63. The Labute approximate surface area is 101 Å². The van der Waals surface area contributed by atoms with E-state index in [0.29, 0.717) is 5.03 Å². The zero-order chi connectivity index (χ0) is 12.3. The molecule has 0 saturated carbocycles. The lowest BCUT2D eigenvalue weighted by Gasteiger charge is -2.05. The van der Waals surface area contributed by atoms with Gasteiger partial charge < -0.3 is 5.32 Å². The van der Waals surface area contributed by atoms with Gasteiger partial charge in [0.2, 0.25) is 0 Å². The third-order valence-electron chi connectivity index (χ3n) is 1.87. The van der Waals surface area contributed by atoms with Gasteiger partial charge in [-0.25, -0.2) is 18.7 Å². The van der Waals surface area contributed by atoms with Crippen molar-refractivity contribution < 1.29 is 8.78 Å². The van der Waals surface area contributed by atoms with Gasteiger partial charge in [-0.05, 0) is 11.8 Å². The van der Waals surface area contributed by atoms with Crippen LogP contribution in [0, 0.1) is 11.6 Å². The Morgan fingerprint density at radius 3 is 2.71 bits per heavy atom. The van der Waals surface area contributed by atoms with Gasteiger partial charge in [-0.1, -0.05) is 0 Å². The van der Waals surface area contributed by atoms with Crippen LogP contribution in [-0.2, 0) is 0 Å². The summed E-state index contributed by atoms with van der Waals surface area (Å²) in [7, 11) is 1.51. The number of rotatable bonds is 3. The molecule has 0 atom stereocenters. The van der Waals surface area contributed by atoms with Gasteiger partial charge in [-0.15, -0.1) is 0 Å². The number of hydrogen-bond donors (Lipinski definition) is 1. The fourth-order valence-electron chi connectivity index (χ4n) is 1.13. The van der Waals surface area contributed by atoms with Crippen molar-refractivity contribution in [2.24, 2.45) is 0 Å². The highest BCUT2D eigenvalue weighted by molar-refractivity contribution is 7.99. The lowest BCUT2D eigenvalue weighted by atomic mass is 10.4. The largest absolute Gasteiger partial charge is 0.371 e. The standard InChI is InChI=1S/C10H8F2N4S/c1-13-9-6(11)4-7(12)10(16-9)17-8-5-14-2-3-15-8/h2-5H,1H3,(H,13,16). The van der Waals surface area contributed by atoms with Crippen LogP contribution in [0.25, 0.3) is 0 Å². The van der Waals surface area contributed by atoms with E-state index in [1.807, 2.05) is 0 Å². The van der Waals surface area contributed by atoms with Crippen LogP contribution >= 0.6 is 11.8 Å². The van der Waals surface area contributed by atoms with Crippen molar-refractivity contribution in [1.82, 2.24) is 15.0 Å². The zero-order valence-electron chi connectivity index (χ0n) is 8.82. The second-order valence-corrected chi connectivity index (χ2v) is 4.01. The second-order valence-electron chi connectivity index (χ2n) is 3.00. The number of nitrogens with zero attached hydrogens (tertiary/aromatic N) is 3. The molecule has 2 aromatic rings. The van der Waals surface area contributed by atoms with Gasteiger partial charge in [0.15, 0.2) is 17.5 Å². The Morgan fingerprint density at radius 2 is 2.06 bits per heavy atom. The lowest BCUT2D eigenvalue weighted by Crippen LogP contribution is -2.00. The Hall–Kier alpha value is -1.76. The Balaban J connectivity index is 2.33. The van der Waals surface area contributed by atoms with Crippen LogP contribution in [-0.4, -0.2) is 22.0 Å². The predicted molar refractivity (Wildman–Crippen MR) is 59.9 cm³/mol. The summed E-state index contributed by atoms with van der Waals surface area (Å²) >= 11 is 0.986. The summed E-state index contributed by atoms with van der Waals surface area (Å²) in [5, 5.41) is 3.09. The van der Waals surface area contributed by atoms with E-state index in [1.54, 1.807) is 0 Å². The topological polar surface area (TPSA) is 50.7 Å². The van der Waals surface area contributed by atoms with E-state index in [-0.39, 0.29) is 10.8 Å². The number of halogens is 2. The Morgan fingerprint density at radius 1 is 1.24 bits per heavy atom. The van der Waals surface area contributed by atoms with E-state index >= 15 is 0 Å². The highest BCUT2D eigenvalue weighted by Gasteiger charge is 2.12. The van der Waals surface area contributed by atoms with Crippen molar-refractivity contribution in [3.63, 3.8) is 0 Å². The maximum Gasteiger partial charge on any atom is 0.168 e. The van der Waals surface area contributed by atoms with Crippen molar-refractivity contribution in [2.45, 2.75) is 10.1 Å². The number of pyridine rings is 1. The van der Waals surface area contributed by atoms with Crippen molar-refractivity contribution >= 4 is 17.6 Å². The van der Waals surface area contributed by atoms with Crippen LogP contribution in [0.5, 0.6) is 0 Å². The third-order valence-corrected chi connectivity index (χ3v) is 2.77. The van der Waals surface area contributed by atoms with Gasteiger partial charge in [0.25, 0.3) is 0 Å². The maximum atomic E-state index is 13.5. The van der Waals surface area contributed by atoms with Gasteiger partial charge in [0, 0.05) is 25.5 Å². The number of aromatic nitrogens is 3. The first kappa shape index (κ1) is 11.7. The fraction of sp³-hybridized carbons (Fsp3) is 0.100. The molecule has 2 heterocycles. The molecule has 0 aliphatic heterocycles. The summed E-state index contributed by atoms with van der Waals surface area (Å²) in [5.41, 5.74) is 0. The van der Waals surface area contributed by atoms with E-state index in [1.165, 1.54) is 25.6 Å². The van der Waals surface area contributed by atoms with Crippen molar-refractivity contribution in [1.29, 1.82) is 0 Å². The molecule has 0 spiro atoms. The van der Waals surface area contributed by atoms with Crippen molar-refractivity contribution in [3.05, 3.63) is 36.3 Å². The number of anilines is 1. The van der Waals surface area contributed by atoms with Crippen LogP contribution in [0.1, 0.15) is 0 Å². The minimum Gasteiger partial charge on any atom is -0.371 e. The molecule has 0 aliphatic rings. The molecule has 0 radical (unpaired) electrons. The van der Waals surface area contributed by atoms with E-state index in [9.17, 15) is 8.78 Å². The quantitative estimate of drug-likeness (QED) is 0.911. The van der Waals surface area contributed by atoms with Crippen LogP contribution in [0.3, 0.4) is 0 Å². The van der Waals surface area contributed by atoms with Crippen LogP contribution < -0.4 is 5.32 Å². The number of hydrogen-bond acceptors (Lipinski definition) is 5. The molecule has 2 aromatic heterocycles. The van der Waals surface area contributed by atoms with E-state index in [0.717, 1.165) is 17.8 Å². The molecule has 0 fully saturated rings. The smallest absolute Gasteiger partial charge is 0.168 e. The average molecular weight is 254 g/mol. The van der Waals surface area contributed by atoms with Crippen LogP contribution in [0.4, 0.5) is 14.6 Å². The average Bonchev–Trinajstić information content (AvgIpc) is 2.34. The van der Waals surface area contributed by atoms with E-state index in [4.69, 9.17) is 0 Å². The van der Waals surface area contributed by atoms with Gasteiger partial charge in [-0.3, -0.25) is 4.98 Å². The lowest BCUT2D eigenvalue weighted by molar-refractivity contribution is 0.551. The molecule has 1 N–H and O–H groups in total. The minimum absolute atomic E-state index is 0.00205. The minimum atomic E-state index is -0.728. The Bertz CT molecular complexity index is 521. The molecule has 0 bridgehead atoms. The van der Waals surface area contributed by atoms with Crippen molar-refractivity contribution in [3.8, 4) is 0 Å². The molecule has 0 unspecified atom stereocenters. The molecule has 0 amide bonds.